The molecule has 0 saturated carbocycles. The summed E-state index contributed by atoms with van der Waals surface area (Å²) in [6, 6.07) is 30.9. The van der Waals surface area contributed by atoms with Crippen molar-refractivity contribution in [2.24, 2.45) is 0 Å². The van der Waals surface area contributed by atoms with Crippen LogP contribution in [0, 0.1) is 0 Å². The van der Waals surface area contributed by atoms with Gasteiger partial charge < -0.3 is 4.98 Å². The summed E-state index contributed by atoms with van der Waals surface area (Å²) in [7, 11) is 0. The molecule has 1 aromatic heterocycles. The molecule has 0 saturated heterocycles. The van der Waals surface area contributed by atoms with Crippen LogP contribution in [-0.4, -0.2) is 4.98 Å². The fourth-order valence-electron chi connectivity index (χ4n) is 5.06. The quantitative estimate of drug-likeness (QED) is 0.299. The molecule has 0 unspecified atom stereocenters. The topological polar surface area (TPSA) is 15.8 Å². The summed E-state index contributed by atoms with van der Waals surface area (Å²) in [5, 5.41) is 3.85. The Kier molecular flexibility index (Phi) is 3.01. The zero-order chi connectivity index (χ0) is 18.9. The van der Waals surface area contributed by atoms with Gasteiger partial charge in [0.2, 0.25) is 0 Å². The van der Waals surface area contributed by atoms with Crippen molar-refractivity contribution >= 4 is 21.7 Å². The van der Waals surface area contributed by atoms with Gasteiger partial charge in [-0.25, -0.2) is 0 Å². The highest BCUT2D eigenvalue weighted by molar-refractivity contribution is 6.15. The Bertz CT molecular complexity index is 1380. The molecule has 1 aliphatic carbocycles. The van der Waals surface area contributed by atoms with Crippen LogP contribution in [0.5, 0.6) is 0 Å². The number of fused-ring (bicyclic) bond motifs is 9. The van der Waals surface area contributed by atoms with E-state index in [4.69, 9.17) is 0 Å². The standard InChI is InChI=1S/C27H21N/c1-27(2)22-13-7-5-11-19(22)24-21-16-15-17-9-3-4-10-18(17)25(21)28-26(24)20-12-6-8-14-23(20)27/h3-16,28H,1-2H3. The molecule has 28 heavy (non-hydrogen) atoms. The van der Waals surface area contributed by atoms with E-state index < -0.39 is 0 Å². The number of rotatable bonds is 0. The van der Waals surface area contributed by atoms with Gasteiger partial charge in [0.15, 0.2) is 0 Å². The van der Waals surface area contributed by atoms with Crippen LogP contribution in [0.1, 0.15) is 25.0 Å². The lowest BCUT2D eigenvalue weighted by molar-refractivity contribution is 0.646. The van der Waals surface area contributed by atoms with E-state index in [0.29, 0.717) is 0 Å². The van der Waals surface area contributed by atoms with Crippen molar-refractivity contribution in [1.29, 1.82) is 0 Å². The van der Waals surface area contributed by atoms with Gasteiger partial charge in [0.05, 0.1) is 11.2 Å². The lowest BCUT2D eigenvalue weighted by Crippen LogP contribution is -2.19. The molecule has 0 fully saturated rings. The van der Waals surface area contributed by atoms with Crippen LogP contribution >= 0.6 is 0 Å². The van der Waals surface area contributed by atoms with Crippen molar-refractivity contribution in [3.8, 4) is 22.4 Å². The van der Waals surface area contributed by atoms with Gasteiger partial charge in [-0.15, -0.1) is 0 Å². The Balaban J connectivity index is 1.87. The molecule has 0 atom stereocenters. The normalized spacial score (nSPS) is 14.4. The molecule has 5 aromatic rings. The minimum atomic E-state index is -0.0593. The Morgan fingerprint density at radius 2 is 1.25 bits per heavy atom. The van der Waals surface area contributed by atoms with E-state index in [-0.39, 0.29) is 5.41 Å². The number of aromatic amines is 1. The molecule has 0 radical (unpaired) electrons. The smallest absolute Gasteiger partial charge is 0.0547 e. The molecule has 1 nitrogen and oxygen atoms in total. The highest BCUT2D eigenvalue weighted by atomic mass is 14.7. The van der Waals surface area contributed by atoms with E-state index in [1.807, 2.05) is 0 Å². The van der Waals surface area contributed by atoms with Gasteiger partial charge in [-0.2, -0.15) is 0 Å². The van der Waals surface area contributed by atoms with Crippen molar-refractivity contribution in [3.05, 3.63) is 96.1 Å². The second-order valence-corrected chi connectivity index (χ2v) is 8.30. The molecular weight excluding hydrogens is 338 g/mol. The predicted molar refractivity (Wildman–Crippen MR) is 119 cm³/mol. The molecular formula is C27H21N. The molecule has 4 aromatic carbocycles. The summed E-state index contributed by atoms with van der Waals surface area (Å²) in [6.07, 6.45) is 0. The minimum absolute atomic E-state index is 0.0593. The van der Waals surface area contributed by atoms with Gasteiger partial charge in [0, 0.05) is 27.3 Å². The number of hydrogen-bond acceptors (Lipinski definition) is 0. The first-order valence-electron chi connectivity index (χ1n) is 9.89. The van der Waals surface area contributed by atoms with Crippen LogP contribution in [-0.2, 0) is 5.41 Å². The monoisotopic (exact) mass is 359 g/mol. The van der Waals surface area contributed by atoms with E-state index >= 15 is 0 Å². The molecule has 1 aliphatic rings. The molecule has 1 heterocycles. The third-order valence-electron chi connectivity index (χ3n) is 6.44. The average Bonchev–Trinajstić information content (AvgIpc) is 3.10. The second-order valence-electron chi connectivity index (χ2n) is 8.30. The molecule has 134 valence electrons. The second kappa shape index (κ2) is 5.36. The first kappa shape index (κ1) is 15.7. The van der Waals surface area contributed by atoms with Crippen molar-refractivity contribution in [3.63, 3.8) is 0 Å². The van der Waals surface area contributed by atoms with Crippen LogP contribution in [0.25, 0.3) is 44.1 Å². The zero-order valence-electron chi connectivity index (χ0n) is 16.1. The summed E-state index contributed by atoms with van der Waals surface area (Å²) < 4.78 is 0. The van der Waals surface area contributed by atoms with Crippen molar-refractivity contribution in [2.75, 3.05) is 0 Å². The maximum atomic E-state index is 3.83. The number of aromatic nitrogens is 1. The van der Waals surface area contributed by atoms with E-state index in [9.17, 15) is 0 Å². The number of nitrogens with one attached hydrogen (secondary N) is 1. The summed E-state index contributed by atoms with van der Waals surface area (Å²) >= 11 is 0. The third-order valence-corrected chi connectivity index (χ3v) is 6.44. The SMILES string of the molecule is CC1(C)c2ccccc2-c2[nH]c3c(ccc4ccccc43)c2-c2ccccc21. The van der Waals surface area contributed by atoms with E-state index in [0.717, 1.165) is 0 Å². The Morgan fingerprint density at radius 1 is 0.607 bits per heavy atom. The lowest BCUT2D eigenvalue weighted by Gasteiger charge is -2.28. The fraction of sp³-hybridized carbons (Fsp3) is 0.111. The average molecular weight is 359 g/mol. The van der Waals surface area contributed by atoms with Crippen LogP contribution in [0.3, 0.4) is 0 Å². The maximum Gasteiger partial charge on any atom is 0.0547 e. The van der Waals surface area contributed by atoms with E-state index in [1.165, 1.54) is 55.2 Å². The third kappa shape index (κ3) is 1.91. The summed E-state index contributed by atoms with van der Waals surface area (Å²) in [5.74, 6) is 0. The predicted octanol–water partition coefficient (Wildman–Crippen LogP) is 7.29. The van der Waals surface area contributed by atoms with Gasteiger partial charge in [-0.05, 0) is 22.1 Å². The lowest BCUT2D eigenvalue weighted by atomic mass is 9.75. The maximum absolute atomic E-state index is 3.83. The van der Waals surface area contributed by atoms with E-state index in [1.54, 1.807) is 0 Å². The van der Waals surface area contributed by atoms with Crippen molar-refractivity contribution in [1.82, 2.24) is 4.98 Å². The van der Waals surface area contributed by atoms with Gasteiger partial charge in [-0.3, -0.25) is 0 Å². The van der Waals surface area contributed by atoms with E-state index in [2.05, 4.69) is 104 Å². The number of hydrogen-bond donors (Lipinski definition) is 1. The number of H-pyrrole nitrogens is 1. The first-order chi connectivity index (χ1) is 13.7. The van der Waals surface area contributed by atoms with Gasteiger partial charge in [-0.1, -0.05) is 98.8 Å². The van der Waals surface area contributed by atoms with Crippen LogP contribution in [0.2, 0.25) is 0 Å². The molecule has 0 amide bonds. The summed E-state index contributed by atoms with van der Waals surface area (Å²) in [5.41, 5.74) is 9.13. The zero-order valence-corrected chi connectivity index (χ0v) is 16.1. The Labute approximate surface area is 164 Å². The Hall–Kier alpha value is -3.32. The first-order valence-corrected chi connectivity index (χ1v) is 9.89. The van der Waals surface area contributed by atoms with Gasteiger partial charge in [0.1, 0.15) is 0 Å². The number of benzene rings is 4. The molecule has 6 rings (SSSR count). The van der Waals surface area contributed by atoms with Crippen LogP contribution in [0.15, 0.2) is 84.9 Å². The highest BCUT2D eigenvalue weighted by Gasteiger charge is 2.34. The van der Waals surface area contributed by atoms with Crippen molar-refractivity contribution in [2.45, 2.75) is 19.3 Å². The van der Waals surface area contributed by atoms with Gasteiger partial charge in [0.25, 0.3) is 0 Å². The summed E-state index contributed by atoms with van der Waals surface area (Å²) in [6.45, 7) is 4.68. The highest BCUT2D eigenvalue weighted by Crippen LogP contribution is 2.51. The molecule has 0 aliphatic heterocycles. The van der Waals surface area contributed by atoms with Gasteiger partial charge >= 0.3 is 0 Å². The largest absolute Gasteiger partial charge is 0.353 e. The Morgan fingerprint density at radius 3 is 2.07 bits per heavy atom. The van der Waals surface area contributed by atoms with Crippen LogP contribution < -0.4 is 0 Å². The molecule has 0 spiro atoms. The fourth-order valence-corrected chi connectivity index (χ4v) is 5.06. The van der Waals surface area contributed by atoms with Crippen molar-refractivity contribution < 1.29 is 0 Å². The van der Waals surface area contributed by atoms with Crippen LogP contribution in [0.4, 0.5) is 0 Å². The minimum Gasteiger partial charge on any atom is -0.353 e. The molecule has 0 bridgehead atoms. The summed E-state index contributed by atoms with van der Waals surface area (Å²) in [4.78, 5) is 3.83. The molecule has 1 N–H and O–H groups in total. The molecule has 1 heteroatoms.